The van der Waals surface area contributed by atoms with Crippen LogP contribution in [-0.2, 0) is 11.3 Å². The molecule has 0 spiro atoms. The molecule has 2 rings (SSSR count). The van der Waals surface area contributed by atoms with Crippen LogP contribution >= 0.6 is 0 Å². The molecule has 0 bridgehead atoms. The molecule has 0 atom stereocenters. The van der Waals surface area contributed by atoms with Crippen molar-refractivity contribution in [1.29, 1.82) is 0 Å². The van der Waals surface area contributed by atoms with E-state index in [2.05, 4.69) is 15.0 Å². The molecular formula is C19H23N3O3. The number of carbonyl (C=O) groups excluding carboxylic acids is 1. The minimum atomic E-state index is -0.360. The number of hydrogen-bond acceptors (Lipinski definition) is 4. The van der Waals surface area contributed by atoms with E-state index in [0.29, 0.717) is 18.1 Å². The Balaban J connectivity index is 1.92. The van der Waals surface area contributed by atoms with Crippen molar-refractivity contribution in [2.24, 2.45) is 10.7 Å². The number of methoxy groups -OCH3 is 1. The Morgan fingerprint density at radius 3 is 2.32 bits per heavy atom. The molecule has 0 aromatic heterocycles. The van der Waals surface area contributed by atoms with Gasteiger partial charge in [0, 0.05) is 5.69 Å². The highest BCUT2D eigenvalue weighted by molar-refractivity contribution is 5.92. The Hall–Kier alpha value is -3.02. The summed E-state index contributed by atoms with van der Waals surface area (Å²) in [6, 6.07) is 14.6. The molecule has 0 saturated heterocycles. The molecule has 2 aromatic rings. The Morgan fingerprint density at radius 1 is 1.12 bits per heavy atom. The van der Waals surface area contributed by atoms with Crippen molar-refractivity contribution in [3.63, 3.8) is 0 Å². The summed E-state index contributed by atoms with van der Waals surface area (Å²) < 4.78 is 10.3. The highest BCUT2D eigenvalue weighted by Crippen LogP contribution is 2.16. The van der Waals surface area contributed by atoms with Crippen molar-refractivity contribution in [3.8, 4) is 5.75 Å². The lowest BCUT2D eigenvalue weighted by Crippen LogP contribution is -2.22. The van der Waals surface area contributed by atoms with Crippen LogP contribution in [0.4, 0.5) is 5.69 Å². The summed E-state index contributed by atoms with van der Waals surface area (Å²) in [6.07, 6.45) is 0.135. The van der Waals surface area contributed by atoms with Gasteiger partial charge in [-0.15, -0.1) is 0 Å². The highest BCUT2D eigenvalue weighted by Gasteiger charge is 2.04. The maximum Gasteiger partial charge on any atom is 0.337 e. The number of hydrogen-bond donors (Lipinski definition) is 2. The molecule has 6 nitrogen and oxygen atoms in total. The van der Waals surface area contributed by atoms with Crippen molar-refractivity contribution < 1.29 is 14.3 Å². The molecule has 3 N–H and O–H groups in total. The first kappa shape index (κ1) is 18.3. The van der Waals surface area contributed by atoms with Crippen molar-refractivity contribution in [2.75, 3.05) is 12.4 Å². The SMILES string of the molecule is COC(=O)c1ccc(CN=C(N)Nc2ccc(OC(C)C)cc2)cc1. The third-order valence-electron chi connectivity index (χ3n) is 3.31. The van der Waals surface area contributed by atoms with Crippen LogP contribution in [0.15, 0.2) is 53.5 Å². The van der Waals surface area contributed by atoms with E-state index in [9.17, 15) is 4.79 Å². The summed E-state index contributed by atoms with van der Waals surface area (Å²) in [5.74, 6) is 0.762. The molecule has 2 aromatic carbocycles. The van der Waals surface area contributed by atoms with E-state index in [4.69, 9.17) is 10.5 Å². The van der Waals surface area contributed by atoms with Gasteiger partial charge in [0.1, 0.15) is 5.75 Å². The Kier molecular flexibility index (Phi) is 6.39. The lowest BCUT2D eigenvalue weighted by atomic mass is 10.1. The van der Waals surface area contributed by atoms with Gasteiger partial charge in [-0.2, -0.15) is 0 Å². The zero-order valence-electron chi connectivity index (χ0n) is 14.7. The Bertz CT molecular complexity index is 723. The average Bonchev–Trinajstić information content (AvgIpc) is 2.61. The maximum absolute atomic E-state index is 11.4. The van der Waals surface area contributed by atoms with Crippen LogP contribution in [0.1, 0.15) is 29.8 Å². The molecule has 0 fully saturated rings. The third-order valence-corrected chi connectivity index (χ3v) is 3.31. The van der Waals surface area contributed by atoms with Crippen LogP contribution in [0.2, 0.25) is 0 Å². The van der Waals surface area contributed by atoms with Gasteiger partial charge in [0.2, 0.25) is 0 Å². The zero-order valence-corrected chi connectivity index (χ0v) is 14.7. The number of nitrogens with two attached hydrogens (primary N) is 1. The molecule has 6 heteroatoms. The number of carbonyl (C=O) groups is 1. The standard InChI is InChI=1S/C19H23N3O3/c1-13(2)25-17-10-8-16(9-11-17)22-19(20)21-12-14-4-6-15(7-5-14)18(23)24-3/h4-11,13H,12H2,1-3H3,(H3,20,21,22). The monoisotopic (exact) mass is 341 g/mol. The van der Waals surface area contributed by atoms with Crippen molar-refractivity contribution >= 4 is 17.6 Å². The fourth-order valence-electron chi connectivity index (χ4n) is 2.12. The molecule has 0 saturated carbocycles. The number of benzene rings is 2. The van der Waals surface area contributed by atoms with Crippen LogP contribution < -0.4 is 15.8 Å². The minimum Gasteiger partial charge on any atom is -0.491 e. The van der Waals surface area contributed by atoms with Crippen LogP contribution in [0, 0.1) is 0 Å². The van der Waals surface area contributed by atoms with E-state index in [-0.39, 0.29) is 12.1 Å². The average molecular weight is 341 g/mol. The third kappa shape index (κ3) is 5.84. The number of nitrogens with one attached hydrogen (secondary N) is 1. The van der Waals surface area contributed by atoms with Crippen LogP contribution in [0.3, 0.4) is 0 Å². The predicted molar refractivity (Wildman–Crippen MR) is 98.9 cm³/mol. The molecular weight excluding hydrogens is 318 g/mol. The normalized spacial score (nSPS) is 11.3. The smallest absolute Gasteiger partial charge is 0.337 e. The van der Waals surface area contributed by atoms with Crippen LogP contribution in [-0.4, -0.2) is 25.1 Å². The second kappa shape index (κ2) is 8.73. The van der Waals surface area contributed by atoms with Gasteiger partial charge in [-0.1, -0.05) is 12.1 Å². The van der Waals surface area contributed by atoms with Gasteiger partial charge in [0.25, 0.3) is 0 Å². The number of rotatable bonds is 6. The van der Waals surface area contributed by atoms with Crippen LogP contribution in [0.25, 0.3) is 0 Å². The van der Waals surface area contributed by atoms with E-state index < -0.39 is 0 Å². The van der Waals surface area contributed by atoms with Gasteiger partial charge in [0.05, 0.1) is 25.3 Å². The molecule has 0 amide bonds. The molecule has 0 aliphatic heterocycles. The van der Waals surface area contributed by atoms with E-state index in [0.717, 1.165) is 17.0 Å². The zero-order chi connectivity index (χ0) is 18.2. The van der Waals surface area contributed by atoms with Gasteiger partial charge < -0.3 is 20.5 Å². The Labute approximate surface area is 147 Å². The molecule has 0 aliphatic rings. The fraction of sp³-hybridized carbons (Fsp3) is 0.263. The lowest BCUT2D eigenvalue weighted by Gasteiger charge is -2.11. The quantitative estimate of drug-likeness (QED) is 0.479. The first-order valence-corrected chi connectivity index (χ1v) is 7.99. The van der Waals surface area contributed by atoms with E-state index in [1.165, 1.54) is 7.11 Å². The number of nitrogens with zero attached hydrogens (tertiary/aromatic N) is 1. The van der Waals surface area contributed by atoms with Crippen molar-refractivity contribution in [2.45, 2.75) is 26.5 Å². The summed E-state index contributed by atoms with van der Waals surface area (Å²) in [5, 5.41) is 3.03. The largest absolute Gasteiger partial charge is 0.491 e. The summed E-state index contributed by atoms with van der Waals surface area (Å²) in [5.41, 5.74) is 8.18. The molecule has 0 aliphatic carbocycles. The first-order valence-electron chi connectivity index (χ1n) is 7.99. The number of guanidine groups is 1. The van der Waals surface area contributed by atoms with Gasteiger partial charge in [0.15, 0.2) is 5.96 Å². The van der Waals surface area contributed by atoms with Crippen molar-refractivity contribution in [1.82, 2.24) is 0 Å². The van der Waals surface area contributed by atoms with E-state index >= 15 is 0 Å². The number of ether oxygens (including phenoxy) is 2. The number of aliphatic imine (C=N–C) groups is 1. The van der Waals surface area contributed by atoms with Gasteiger partial charge in [-0.3, -0.25) is 0 Å². The van der Waals surface area contributed by atoms with E-state index in [1.807, 2.05) is 50.2 Å². The summed E-state index contributed by atoms with van der Waals surface area (Å²) in [4.78, 5) is 15.7. The number of anilines is 1. The maximum atomic E-state index is 11.4. The second-order valence-electron chi connectivity index (χ2n) is 5.71. The first-order chi connectivity index (χ1) is 12.0. The van der Waals surface area contributed by atoms with Gasteiger partial charge >= 0.3 is 5.97 Å². The molecule has 132 valence electrons. The highest BCUT2D eigenvalue weighted by atomic mass is 16.5. The second-order valence-corrected chi connectivity index (χ2v) is 5.71. The molecule has 0 radical (unpaired) electrons. The van der Waals surface area contributed by atoms with Gasteiger partial charge in [-0.25, -0.2) is 9.79 Å². The minimum absolute atomic E-state index is 0.135. The fourth-order valence-corrected chi connectivity index (χ4v) is 2.12. The topological polar surface area (TPSA) is 85.9 Å². The van der Waals surface area contributed by atoms with Crippen LogP contribution in [0.5, 0.6) is 5.75 Å². The summed E-state index contributed by atoms with van der Waals surface area (Å²) >= 11 is 0. The number of esters is 1. The van der Waals surface area contributed by atoms with E-state index in [1.54, 1.807) is 12.1 Å². The molecule has 0 unspecified atom stereocenters. The van der Waals surface area contributed by atoms with Crippen molar-refractivity contribution in [3.05, 3.63) is 59.7 Å². The molecule has 25 heavy (non-hydrogen) atoms. The Morgan fingerprint density at radius 2 is 1.76 bits per heavy atom. The molecule has 0 heterocycles. The predicted octanol–water partition coefficient (Wildman–Crippen LogP) is 3.19. The lowest BCUT2D eigenvalue weighted by molar-refractivity contribution is 0.0600. The van der Waals surface area contributed by atoms with Gasteiger partial charge in [-0.05, 0) is 55.8 Å². The summed E-state index contributed by atoms with van der Waals surface area (Å²) in [7, 11) is 1.36. The summed E-state index contributed by atoms with van der Waals surface area (Å²) in [6.45, 7) is 4.37.